The molecule has 0 aromatic heterocycles. The van der Waals surface area contributed by atoms with E-state index >= 15 is 0 Å². The van der Waals surface area contributed by atoms with E-state index in [4.69, 9.17) is 5.26 Å². The van der Waals surface area contributed by atoms with E-state index in [-0.39, 0.29) is 22.9 Å². The van der Waals surface area contributed by atoms with Crippen molar-refractivity contribution in [1.82, 2.24) is 4.72 Å². The number of aryl methyl sites for hydroxylation is 1. The van der Waals surface area contributed by atoms with Gasteiger partial charge in [0.15, 0.2) is 0 Å². The highest BCUT2D eigenvalue weighted by Crippen LogP contribution is 2.16. The van der Waals surface area contributed by atoms with Crippen LogP contribution in [0.15, 0.2) is 23.1 Å². The van der Waals surface area contributed by atoms with Crippen molar-refractivity contribution < 1.29 is 13.5 Å². The SMILES string of the molecule is Cc1ccc(C#N)cc1S(=O)(=O)NCC(O)C(C)C. The van der Waals surface area contributed by atoms with Crippen LogP contribution in [0.25, 0.3) is 0 Å². The van der Waals surface area contributed by atoms with Gasteiger partial charge in [0.25, 0.3) is 0 Å². The Balaban J connectivity index is 2.98. The lowest BCUT2D eigenvalue weighted by Gasteiger charge is -2.16. The summed E-state index contributed by atoms with van der Waals surface area (Å²) >= 11 is 0. The number of nitrogens with one attached hydrogen (secondary N) is 1. The molecule has 19 heavy (non-hydrogen) atoms. The summed E-state index contributed by atoms with van der Waals surface area (Å²) in [4.78, 5) is 0.0718. The van der Waals surface area contributed by atoms with Crippen molar-refractivity contribution in [1.29, 1.82) is 5.26 Å². The maximum Gasteiger partial charge on any atom is 0.240 e. The third kappa shape index (κ3) is 4.03. The quantitative estimate of drug-likeness (QED) is 0.848. The van der Waals surface area contributed by atoms with E-state index in [1.807, 2.05) is 6.07 Å². The first-order chi connectivity index (χ1) is 8.77. The predicted octanol–water partition coefficient (Wildman–Crippen LogP) is 1.16. The molecule has 6 heteroatoms. The minimum Gasteiger partial charge on any atom is -0.391 e. The Morgan fingerprint density at radius 1 is 1.42 bits per heavy atom. The first kappa shape index (κ1) is 15.6. The van der Waals surface area contributed by atoms with Crippen LogP contribution in [0.4, 0.5) is 0 Å². The van der Waals surface area contributed by atoms with Crippen molar-refractivity contribution in [2.24, 2.45) is 5.92 Å². The molecule has 5 nitrogen and oxygen atoms in total. The highest BCUT2D eigenvalue weighted by atomic mass is 32.2. The molecule has 0 aliphatic heterocycles. The van der Waals surface area contributed by atoms with Gasteiger partial charge in [0.1, 0.15) is 0 Å². The lowest BCUT2D eigenvalue weighted by molar-refractivity contribution is 0.129. The van der Waals surface area contributed by atoms with Gasteiger partial charge < -0.3 is 5.11 Å². The fourth-order valence-electron chi connectivity index (χ4n) is 1.47. The molecule has 0 saturated heterocycles. The molecule has 1 aromatic carbocycles. The van der Waals surface area contributed by atoms with Crippen LogP contribution >= 0.6 is 0 Å². The minimum absolute atomic E-state index is 0.0331. The largest absolute Gasteiger partial charge is 0.391 e. The molecule has 0 bridgehead atoms. The summed E-state index contributed by atoms with van der Waals surface area (Å²) in [6.07, 6.45) is -0.741. The molecule has 104 valence electrons. The molecule has 0 radical (unpaired) electrons. The zero-order valence-corrected chi connectivity index (χ0v) is 12.0. The molecule has 0 saturated carbocycles. The van der Waals surface area contributed by atoms with E-state index in [9.17, 15) is 13.5 Å². The van der Waals surface area contributed by atoms with E-state index in [1.54, 1.807) is 32.9 Å². The van der Waals surface area contributed by atoms with Crippen LogP contribution in [-0.4, -0.2) is 26.2 Å². The van der Waals surface area contributed by atoms with Crippen molar-refractivity contribution in [2.75, 3.05) is 6.54 Å². The van der Waals surface area contributed by atoms with Gasteiger partial charge in [-0.1, -0.05) is 19.9 Å². The second-order valence-electron chi connectivity index (χ2n) is 4.76. The van der Waals surface area contributed by atoms with E-state index in [2.05, 4.69) is 4.72 Å². The second kappa shape index (κ2) is 6.15. The number of nitrogens with zero attached hydrogens (tertiary/aromatic N) is 1. The van der Waals surface area contributed by atoms with Crippen LogP contribution in [0.2, 0.25) is 0 Å². The number of aliphatic hydroxyl groups is 1. The van der Waals surface area contributed by atoms with Crippen LogP contribution in [0.1, 0.15) is 25.0 Å². The van der Waals surface area contributed by atoms with Gasteiger partial charge in [-0.2, -0.15) is 5.26 Å². The molecule has 0 spiro atoms. The smallest absolute Gasteiger partial charge is 0.240 e. The van der Waals surface area contributed by atoms with Gasteiger partial charge in [-0.15, -0.1) is 0 Å². The first-order valence-electron chi connectivity index (χ1n) is 5.96. The molecular formula is C13H18N2O3S. The third-order valence-corrected chi connectivity index (χ3v) is 4.42. The molecular weight excluding hydrogens is 264 g/mol. The van der Waals surface area contributed by atoms with Gasteiger partial charge in [0.05, 0.1) is 22.6 Å². The fourth-order valence-corrected chi connectivity index (χ4v) is 2.79. The lowest BCUT2D eigenvalue weighted by atomic mass is 10.1. The van der Waals surface area contributed by atoms with Crippen molar-refractivity contribution in [3.8, 4) is 6.07 Å². The zero-order chi connectivity index (χ0) is 14.6. The van der Waals surface area contributed by atoms with Gasteiger partial charge in [-0.3, -0.25) is 0 Å². The summed E-state index contributed by atoms with van der Waals surface area (Å²) in [7, 11) is -3.71. The molecule has 0 aliphatic carbocycles. The summed E-state index contributed by atoms with van der Waals surface area (Å²) in [6.45, 7) is 5.23. The number of benzene rings is 1. The van der Waals surface area contributed by atoms with Crippen LogP contribution in [0, 0.1) is 24.2 Å². The Morgan fingerprint density at radius 3 is 2.58 bits per heavy atom. The minimum atomic E-state index is -3.71. The second-order valence-corrected chi connectivity index (χ2v) is 6.49. The monoisotopic (exact) mass is 282 g/mol. The maximum absolute atomic E-state index is 12.1. The number of nitriles is 1. The molecule has 0 fully saturated rings. The lowest BCUT2D eigenvalue weighted by Crippen LogP contribution is -2.35. The topological polar surface area (TPSA) is 90.2 Å². The Morgan fingerprint density at radius 2 is 2.05 bits per heavy atom. The summed E-state index contributed by atoms with van der Waals surface area (Å²) in [5.41, 5.74) is 0.848. The molecule has 2 N–H and O–H groups in total. The number of rotatable bonds is 5. The average molecular weight is 282 g/mol. The van der Waals surface area contributed by atoms with Gasteiger partial charge in [0, 0.05) is 6.54 Å². The van der Waals surface area contributed by atoms with E-state index in [1.165, 1.54) is 6.07 Å². The molecule has 0 heterocycles. The third-order valence-electron chi connectivity index (χ3n) is 2.86. The Hall–Kier alpha value is -1.42. The van der Waals surface area contributed by atoms with Crippen LogP contribution in [0.3, 0.4) is 0 Å². The van der Waals surface area contributed by atoms with Gasteiger partial charge in [0.2, 0.25) is 10.0 Å². The fraction of sp³-hybridized carbons (Fsp3) is 0.462. The van der Waals surface area contributed by atoms with E-state index in [0.717, 1.165) is 0 Å². The number of aliphatic hydroxyl groups excluding tert-OH is 1. The van der Waals surface area contributed by atoms with Crippen molar-refractivity contribution in [3.05, 3.63) is 29.3 Å². The standard InChI is InChI=1S/C13H18N2O3S/c1-9(2)12(16)8-15-19(17,18)13-6-11(7-14)5-4-10(13)3/h4-6,9,12,15-16H,8H2,1-3H3. The molecule has 1 aromatic rings. The Kier molecular flexibility index (Phi) is 5.06. The van der Waals surface area contributed by atoms with Gasteiger partial charge in [-0.05, 0) is 30.5 Å². The summed E-state index contributed by atoms with van der Waals surface area (Å²) in [5.74, 6) is -0.0331. The zero-order valence-electron chi connectivity index (χ0n) is 11.2. The molecule has 1 atom stereocenters. The van der Waals surface area contributed by atoms with E-state index < -0.39 is 16.1 Å². The number of hydrogen-bond acceptors (Lipinski definition) is 4. The molecule has 1 rings (SSSR count). The average Bonchev–Trinajstić information content (AvgIpc) is 2.36. The Bertz CT molecular complexity index is 588. The summed E-state index contributed by atoms with van der Waals surface area (Å²) < 4.78 is 26.6. The first-order valence-corrected chi connectivity index (χ1v) is 7.44. The number of sulfonamides is 1. The Labute approximate surface area is 113 Å². The van der Waals surface area contributed by atoms with Crippen LogP contribution in [0.5, 0.6) is 0 Å². The maximum atomic E-state index is 12.1. The van der Waals surface area contributed by atoms with Gasteiger partial charge in [-0.25, -0.2) is 13.1 Å². The van der Waals surface area contributed by atoms with Crippen molar-refractivity contribution in [2.45, 2.75) is 31.8 Å². The van der Waals surface area contributed by atoms with Crippen molar-refractivity contribution in [3.63, 3.8) is 0 Å². The molecule has 0 aliphatic rings. The number of hydrogen-bond donors (Lipinski definition) is 2. The van der Waals surface area contributed by atoms with Crippen LogP contribution < -0.4 is 4.72 Å². The summed E-state index contributed by atoms with van der Waals surface area (Å²) in [6, 6.07) is 6.40. The van der Waals surface area contributed by atoms with E-state index in [0.29, 0.717) is 5.56 Å². The van der Waals surface area contributed by atoms with Crippen molar-refractivity contribution >= 4 is 10.0 Å². The highest BCUT2D eigenvalue weighted by molar-refractivity contribution is 7.89. The van der Waals surface area contributed by atoms with Crippen LogP contribution in [-0.2, 0) is 10.0 Å². The molecule has 1 unspecified atom stereocenters. The molecule has 0 amide bonds. The highest BCUT2D eigenvalue weighted by Gasteiger charge is 2.19. The predicted molar refractivity (Wildman–Crippen MR) is 71.9 cm³/mol. The van der Waals surface area contributed by atoms with Gasteiger partial charge >= 0.3 is 0 Å². The summed E-state index contributed by atoms with van der Waals surface area (Å²) in [5, 5.41) is 18.4. The normalized spacial score (nSPS) is 13.3.